The van der Waals surface area contributed by atoms with Gasteiger partial charge in [-0.15, -0.1) is 0 Å². The van der Waals surface area contributed by atoms with E-state index in [9.17, 15) is 4.79 Å². The minimum Gasteiger partial charge on any atom is -0.450 e. The summed E-state index contributed by atoms with van der Waals surface area (Å²) in [5.41, 5.74) is 0.680. The first kappa shape index (κ1) is 14.4. The minimum atomic E-state index is -0.453. The Morgan fingerprint density at radius 1 is 1.29 bits per heavy atom. The van der Waals surface area contributed by atoms with Crippen LogP contribution in [0.25, 0.3) is 0 Å². The molecule has 2 aliphatic rings. The Labute approximate surface area is 126 Å². The van der Waals surface area contributed by atoms with Crippen molar-refractivity contribution in [3.63, 3.8) is 0 Å². The molecule has 1 aliphatic carbocycles. The van der Waals surface area contributed by atoms with Crippen molar-refractivity contribution < 1.29 is 14.3 Å². The van der Waals surface area contributed by atoms with Crippen molar-refractivity contribution in [3.05, 3.63) is 35.9 Å². The van der Waals surface area contributed by atoms with Crippen molar-refractivity contribution in [1.29, 1.82) is 0 Å². The molecule has 1 heterocycles. The Bertz CT molecular complexity index is 482. The van der Waals surface area contributed by atoms with Crippen LogP contribution in [0.15, 0.2) is 30.3 Å². The van der Waals surface area contributed by atoms with Gasteiger partial charge in [0.25, 0.3) is 0 Å². The zero-order chi connectivity index (χ0) is 14.7. The summed E-state index contributed by atoms with van der Waals surface area (Å²) >= 11 is 0. The average Bonchev–Trinajstić information content (AvgIpc) is 2.88. The Kier molecular flexibility index (Phi) is 4.15. The maximum absolute atomic E-state index is 12.3. The quantitative estimate of drug-likeness (QED) is 0.829. The molecule has 1 saturated heterocycles. The van der Waals surface area contributed by atoms with Gasteiger partial charge in [-0.05, 0) is 38.2 Å². The van der Waals surface area contributed by atoms with Gasteiger partial charge in [-0.2, -0.15) is 0 Å². The molecule has 1 spiro atoms. The summed E-state index contributed by atoms with van der Waals surface area (Å²) in [5.74, 6) is 0. The second-order valence-corrected chi connectivity index (χ2v) is 5.83. The maximum Gasteiger partial charge on any atom is 0.412 e. The van der Waals surface area contributed by atoms with Crippen LogP contribution in [0.2, 0.25) is 0 Å². The second kappa shape index (κ2) is 6.06. The summed E-state index contributed by atoms with van der Waals surface area (Å²) in [7, 11) is 0. The first-order chi connectivity index (χ1) is 10.2. The van der Waals surface area contributed by atoms with Crippen molar-refractivity contribution in [1.82, 2.24) is 4.90 Å². The highest BCUT2D eigenvalue weighted by atomic mass is 16.6. The molecule has 1 amide bonds. The fourth-order valence-electron chi connectivity index (χ4n) is 3.47. The predicted octanol–water partition coefficient (Wildman–Crippen LogP) is 3.88. The van der Waals surface area contributed by atoms with Gasteiger partial charge in [0, 0.05) is 0 Å². The van der Waals surface area contributed by atoms with Gasteiger partial charge in [0.1, 0.15) is 11.8 Å². The molecule has 0 bridgehead atoms. The van der Waals surface area contributed by atoms with E-state index < -0.39 is 5.72 Å². The van der Waals surface area contributed by atoms with E-state index in [1.54, 1.807) is 0 Å². The Morgan fingerprint density at radius 3 is 2.67 bits per heavy atom. The van der Waals surface area contributed by atoms with Crippen molar-refractivity contribution in [2.45, 2.75) is 50.9 Å². The number of hydrogen-bond donors (Lipinski definition) is 0. The van der Waals surface area contributed by atoms with E-state index in [0.717, 1.165) is 31.2 Å². The third kappa shape index (κ3) is 2.77. The maximum atomic E-state index is 12.3. The Morgan fingerprint density at radius 2 is 2.00 bits per heavy atom. The zero-order valence-electron chi connectivity index (χ0n) is 12.6. The molecule has 3 rings (SSSR count). The lowest BCUT2D eigenvalue weighted by atomic mass is 9.91. The fourth-order valence-corrected chi connectivity index (χ4v) is 3.47. The first-order valence-corrected chi connectivity index (χ1v) is 7.92. The molecule has 0 N–H and O–H groups in total. The third-order valence-corrected chi connectivity index (χ3v) is 4.50. The topological polar surface area (TPSA) is 38.8 Å². The van der Waals surface area contributed by atoms with Crippen LogP contribution in [-0.4, -0.2) is 29.9 Å². The highest BCUT2D eigenvalue weighted by Crippen LogP contribution is 2.44. The van der Waals surface area contributed by atoms with Gasteiger partial charge in [0.2, 0.25) is 0 Å². The van der Waals surface area contributed by atoms with Crippen LogP contribution in [0.1, 0.15) is 50.7 Å². The lowest BCUT2D eigenvalue weighted by molar-refractivity contribution is -0.119. The molecule has 1 aliphatic heterocycles. The number of rotatable bonds is 2. The van der Waals surface area contributed by atoms with Gasteiger partial charge < -0.3 is 9.47 Å². The summed E-state index contributed by atoms with van der Waals surface area (Å²) in [4.78, 5) is 14.1. The fraction of sp³-hybridized carbons (Fsp3) is 0.588. The van der Waals surface area contributed by atoms with Crippen LogP contribution < -0.4 is 0 Å². The van der Waals surface area contributed by atoms with E-state index in [-0.39, 0.29) is 12.2 Å². The number of amides is 1. The number of ether oxygens (including phenoxy) is 2. The highest BCUT2D eigenvalue weighted by molar-refractivity contribution is 5.69. The van der Waals surface area contributed by atoms with Gasteiger partial charge in [-0.1, -0.05) is 36.8 Å². The van der Waals surface area contributed by atoms with Gasteiger partial charge >= 0.3 is 6.09 Å². The van der Waals surface area contributed by atoms with E-state index >= 15 is 0 Å². The average molecular weight is 289 g/mol. The molecular formula is C17H23NO3. The van der Waals surface area contributed by atoms with Crippen molar-refractivity contribution in [2.75, 3.05) is 13.2 Å². The zero-order valence-corrected chi connectivity index (χ0v) is 12.6. The van der Waals surface area contributed by atoms with Crippen molar-refractivity contribution in [3.8, 4) is 0 Å². The van der Waals surface area contributed by atoms with Crippen LogP contribution in [-0.2, 0) is 9.47 Å². The van der Waals surface area contributed by atoms with Crippen LogP contribution >= 0.6 is 0 Å². The highest BCUT2D eigenvalue weighted by Gasteiger charge is 2.50. The second-order valence-electron chi connectivity index (χ2n) is 5.83. The van der Waals surface area contributed by atoms with Gasteiger partial charge in [0.05, 0.1) is 13.2 Å². The lowest BCUT2D eigenvalue weighted by Crippen LogP contribution is -2.49. The number of carbonyl (C=O) groups is 1. The van der Waals surface area contributed by atoms with Crippen LogP contribution in [0.5, 0.6) is 0 Å². The standard InChI is InChI=1S/C17H23NO3/c1-2-20-16(19)18-13-15(14-9-5-3-6-10-14)21-17(18)11-7-4-8-12-17/h3,5-6,9-10,15H,2,4,7-8,11-13H2,1H3. The van der Waals surface area contributed by atoms with E-state index in [1.807, 2.05) is 30.0 Å². The third-order valence-electron chi connectivity index (χ3n) is 4.50. The summed E-state index contributed by atoms with van der Waals surface area (Å²) in [6.45, 7) is 2.83. The molecule has 21 heavy (non-hydrogen) atoms. The van der Waals surface area contributed by atoms with E-state index in [1.165, 1.54) is 6.42 Å². The van der Waals surface area contributed by atoms with Crippen LogP contribution in [0, 0.1) is 0 Å². The molecule has 4 nitrogen and oxygen atoms in total. The number of benzene rings is 1. The number of nitrogens with zero attached hydrogens (tertiary/aromatic N) is 1. The van der Waals surface area contributed by atoms with Gasteiger partial charge in [-0.25, -0.2) is 4.79 Å². The SMILES string of the molecule is CCOC(=O)N1CC(c2ccccc2)OC12CCCCC2. The van der Waals surface area contributed by atoms with Crippen molar-refractivity contribution >= 4 is 6.09 Å². The molecule has 1 unspecified atom stereocenters. The molecule has 1 aromatic carbocycles. The summed E-state index contributed by atoms with van der Waals surface area (Å²) in [6.07, 6.45) is 4.98. The van der Waals surface area contributed by atoms with E-state index in [2.05, 4.69) is 12.1 Å². The monoisotopic (exact) mass is 289 g/mol. The largest absolute Gasteiger partial charge is 0.450 e. The molecule has 1 aromatic rings. The molecule has 1 atom stereocenters. The van der Waals surface area contributed by atoms with Gasteiger partial charge in [0.15, 0.2) is 0 Å². The molecule has 4 heteroatoms. The summed E-state index contributed by atoms with van der Waals surface area (Å²) < 4.78 is 11.6. The lowest BCUT2D eigenvalue weighted by Gasteiger charge is -2.39. The minimum absolute atomic E-state index is 0.0475. The van der Waals surface area contributed by atoms with Gasteiger partial charge in [-0.3, -0.25) is 4.90 Å². The van der Waals surface area contributed by atoms with Crippen LogP contribution in [0.3, 0.4) is 0 Å². The molecule has 114 valence electrons. The Balaban J connectivity index is 1.84. The summed E-state index contributed by atoms with van der Waals surface area (Å²) in [5, 5.41) is 0. The predicted molar refractivity (Wildman–Crippen MR) is 79.8 cm³/mol. The Hall–Kier alpha value is -1.55. The number of hydrogen-bond acceptors (Lipinski definition) is 3. The normalized spacial score (nSPS) is 24.2. The number of carbonyl (C=O) groups excluding carboxylic acids is 1. The molecular weight excluding hydrogens is 266 g/mol. The van der Waals surface area contributed by atoms with E-state index in [0.29, 0.717) is 13.2 Å². The first-order valence-electron chi connectivity index (χ1n) is 7.92. The van der Waals surface area contributed by atoms with E-state index in [4.69, 9.17) is 9.47 Å². The smallest absolute Gasteiger partial charge is 0.412 e. The van der Waals surface area contributed by atoms with Crippen molar-refractivity contribution in [2.24, 2.45) is 0 Å². The van der Waals surface area contributed by atoms with Crippen LogP contribution in [0.4, 0.5) is 4.79 Å². The molecule has 2 fully saturated rings. The molecule has 0 radical (unpaired) electrons. The molecule has 1 saturated carbocycles. The molecule has 0 aromatic heterocycles. The summed E-state index contributed by atoms with van der Waals surface area (Å²) in [6, 6.07) is 10.2.